The predicted octanol–water partition coefficient (Wildman–Crippen LogP) is 2.22. The third-order valence-electron chi connectivity index (χ3n) is 3.99. The van der Waals surface area contributed by atoms with E-state index in [1.807, 2.05) is 36.1 Å². The van der Waals surface area contributed by atoms with Crippen LogP contribution in [0.2, 0.25) is 0 Å². The molecule has 28 heavy (non-hydrogen) atoms. The van der Waals surface area contributed by atoms with Gasteiger partial charge in [-0.25, -0.2) is 4.98 Å². The maximum absolute atomic E-state index is 9.92. The number of hydrogen-bond donors (Lipinski definition) is 2. The summed E-state index contributed by atoms with van der Waals surface area (Å²) >= 11 is 0. The number of hydrogen-bond acceptors (Lipinski definition) is 8. The number of hydrazone groups is 1. The Labute approximate surface area is 165 Å². The average molecular weight is 385 g/mol. The lowest BCUT2D eigenvalue weighted by Crippen LogP contribution is -2.37. The first-order valence-corrected chi connectivity index (χ1v) is 9.32. The van der Waals surface area contributed by atoms with Gasteiger partial charge in [0.05, 0.1) is 36.4 Å². The standard InChI is InChI=1S/C20H27N5O3/c1-15-5-4-6-16(11-15)24-21-13-17-12-18(28-14-20(2,3)26)23-19(22-17)25-7-9-27-10-8-25/h4-6,11-13,24,26H,7-10,14H2,1-3H3/b21-13+. The summed E-state index contributed by atoms with van der Waals surface area (Å²) in [6.45, 7) is 8.23. The molecule has 1 fully saturated rings. The van der Waals surface area contributed by atoms with Crippen molar-refractivity contribution in [2.75, 3.05) is 43.2 Å². The van der Waals surface area contributed by atoms with Crippen molar-refractivity contribution < 1.29 is 14.6 Å². The normalized spacial score (nSPS) is 15.1. The molecule has 8 heteroatoms. The molecular weight excluding hydrogens is 358 g/mol. The minimum Gasteiger partial charge on any atom is -0.474 e. The Balaban J connectivity index is 1.78. The van der Waals surface area contributed by atoms with E-state index in [9.17, 15) is 5.11 Å². The van der Waals surface area contributed by atoms with Crippen LogP contribution >= 0.6 is 0 Å². The van der Waals surface area contributed by atoms with Gasteiger partial charge in [0.2, 0.25) is 11.8 Å². The Kier molecular flexibility index (Phi) is 6.43. The molecule has 1 aromatic carbocycles. The minimum atomic E-state index is -0.953. The molecule has 1 saturated heterocycles. The lowest BCUT2D eigenvalue weighted by atomic mass is 10.2. The van der Waals surface area contributed by atoms with E-state index in [4.69, 9.17) is 9.47 Å². The summed E-state index contributed by atoms with van der Waals surface area (Å²) in [5, 5.41) is 14.2. The molecule has 1 aliphatic rings. The van der Waals surface area contributed by atoms with Gasteiger partial charge in [0.25, 0.3) is 0 Å². The fourth-order valence-corrected chi connectivity index (χ4v) is 2.61. The highest BCUT2D eigenvalue weighted by Crippen LogP contribution is 2.18. The molecule has 0 unspecified atom stereocenters. The molecule has 0 amide bonds. The van der Waals surface area contributed by atoms with Crippen LogP contribution < -0.4 is 15.1 Å². The second-order valence-electron chi connectivity index (χ2n) is 7.37. The first-order valence-electron chi connectivity index (χ1n) is 9.32. The molecule has 0 bridgehead atoms. The summed E-state index contributed by atoms with van der Waals surface area (Å²) in [5.41, 5.74) is 4.72. The Hall–Kier alpha value is -2.71. The van der Waals surface area contributed by atoms with Crippen molar-refractivity contribution in [3.8, 4) is 5.88 Å². The van der Waals surface area contributed by atoms with Gasteiger partial charge in [-0.3, -0.25) is 5.43 Å². The minimum absolute atomic E-state index is 0.130. The highest BCUT2D eigenvalue weighted by atomic mass is 16.5. The predicted molar refractivity (Wildman–Crippen MR) is 109 cm³/mol. The van der Waals surface area contributed by atoms with Crippen molar-refractivity contribution in [2.24, 2.45) is 5.10 Å². The van der Waals surface area contributed by atoms with Gasteiger partial charge in [0.1, 0.15) is 6.61 Å². The maximum atomic E-state index is 9.92. The van der Waals surface area contributed by atoms with Gasteiger partial charge >= 0.3 is 0 Å². The molecule has 2 heterocycles. The summed E-state index contributed by atoms with van der Waals surface area (Å²) in [4.78, 5) is 11.1. The fraction of sp³-hybridized carbons (Fsp3) is 0.450. The Morgan fingerprint density at radius 3 is 2.79 bits per heavy atom. The highest BCUT2D eigenvalue weighted by molar-refractivity contribution is 5.78. The molecule has 8 nitrogen and oxygen atoms in total. The van der Waals surface area contributed by atoms with Crippen LogP contribution in [0.4, 0.5) is 11.6 Å². The SMILES string of the molecule is Cc1cccc(N/N=C/c2cc(OCC(C)(C)O)nc(N3CCOCC3)n2)c1. The first kappa shape index (κ1) is 20.0. The van der Waals surface area contributed by atoms with Crippen molar-refractivity contribution in [3.63, 3.8) is 0 Å². The van der Waals surface area contributed by atoms with Crippen molar-refractivity contribution in [1.82, 2.24) is 9.97 Å². The Morgan fingerprint density at radius 1 is 1.29 bits per heavy atom. The zero-order chi connectivity index (χ0) is 20.0. The Morgan fingerprint density at radius 2 is 2.07 bits per heavy atom. The van der Waals surface area contributed by atoms with Gasteiger partial charge in [-0.15, -0.1) is 0 Å². The number of aryl methyl sites for hydroxylation is 1. The van der Waals surface area contributed by atoms with Crippen molar-refractivity contribution in [3.05, 3.63) is 41.6 Å². The summed E-state index contributed by atoms with van der Waals surface area (Å²) in [5.74, 6) is 0.962. The Bertz CT molecular complexity index is 814. The fourth-order valence-electron chi connectivity index (χ4n) is 2.61. The molecule has 0 aliphatic carbocycles. The van der Waals surface area contributed by atoms with Gasteiger partial charge in [0.15, 0.2) is 0 Å². The van der Waals surface area contributed by atoms with Crippen LogP contribution in [0, 0.1) is 6.92 Å². The number of benzene rings is 1. The van der Waals surface area contributed by atoms with Gasteiger partial charge < -0.3 is 19.5 Å². The molecule has 0 atom stereocenters. The number of aliphatic hydroxyl groups is 1. The van der Waals surface area contributed by atoms with Crippen LogP contribution in [0.1, 0.15) is 25.1 Å². The van der Waals surface area contributed by atoms with Crippen molar-refractivity contribution in [2.45, 2.75) is 26.4 Å². The second-order valence-corrected chi connectivity index (χ2v) is 7.37. The third-order valence-corrected chi connectivity index (χ3v) is 3.99. The van der Waals surface area contributed by atoms with Crippen LogP contribution in [-0.2, 0) is 4.74 Å². The number of anilines is 2. The van der Waals surface area contributed by atoms with Gasteiger partial charge in [0, 0.05) is 19.2 Å². The summed E-state index contributed by atoms with van der Waals surface area (Å²) in [7, 11) is 0. The van der Waals surface area contributed by atoms with Gasteiger partial charge in [-0.2, -0.15) is 10.1 Å². The van der Waals surface area contributed by atoms with Gasteiger partial charge in [-0.1, -0.05) is 12.1 Å². The molecular formula is C20H27N5O3. The number of morpholine rings is 1. The first-order chi connectivity index (χ1) is 13.4. The quantitative estimate of drug-likeness (QED) is 0.558. The summed E-state index contributed by atoms with van der Waals surface area (Å²) in [6, 6.07) is 9.66. The zero-order valence-corrected chi connectivity index (χ0v) is 16.6. The molecule has 0 radical (unpaired) electrons. The van der Waals surface area contributed by atoms with E-state index in [2.05, 4.69) is 20.5 Å². The number of aromatic nitrogens is 2. The van der Waals surface area contributed by atoms with E-state index in [1.54, 1.807) is 26.1 Å². The molecule has 1 aromatic heterocycles. The molecule has 0 spiro atoms. The van der Waals surface area contributed by atoms with E-state index in [-0.39, 0.29) is 6.61 Å². The monoisotopic (exact) mass is 385 g/mol. The average Bonchev–Trinajstić information content (AvgIpc) is 2.67. The molecule has 2 aromatic rings. The van der Waals surface area contributed by atoms with E-state index < -0.39 is 5.60 Å². The van der Waals surface area contributed by atoms with Crippen LogP contribution in [0.3, 0.4) is 0 Å². The number of nitrogens with one attached hydrogen (secondary N) is 1. The van der Waals surface area contributed by atoms with Crippen molar-refractivity contribution >= 4 is 17.9 Å². The topological polar surface area (TPSA) is 92.1 Å². The van der Waals surface area contributed by atoms with Crippen molar-refractivity contribution in [1.29, 1.82) is 0 Å². The molecule has 3 rings (SSSR count). The van der Waals surface area contributed by atoms with Crippen LogP contribution in [0.15, 0.2) is 35.4 Å². The summed E-state index contributed by atoms with van der Waals surface area (Å²) in [6.07, 6.45) is 1.63. The number of ether oxygens (including phenoxy) is 2. The van der Waals surface area contributed by atoms with E-state index in [0.717, 1.165) is 11.3 Å². The molecule has 1 aliphatic heterocycles. The van der Waals surface area contributed by atoms with Crippen LogP contribution in [-0.4, -0.2) is 59.8 Å². The van der Waals surface area contributed by atoms with E-state index in [0.29, 0.717) is 43.8 Å². The van der Waals surface area contributed by atoms with E-state index >= 15 is 0 Å². The van der Waals surface area contributed by atoms with Gasteiger partial charge in [-0.05, 0) is 38.5 Å². The second kappa shape index (κ2) is 8.99. The zero-order valence-electron chi connectivity index (χ0n) is 16.6. The lowest BCUT2D eigenvalue weighted by molar-refractivity contribution is 0.0268. The highest BCUT2D eigenvalue weighted by Gasteiger charge is 2.18. The molecule has 2 N–H and O–H groups in total. The molecule has 150 valence electrons. The molecule has 0 saturated carbocycles. The lowest BCUT2D eigenvalue weighted by Gasteiger charge is -2.27. The van der Waals surface area contributed by atoms with Crippen LogP contribution in [0.25, 0.3) is 0 Å². The maximum Gasteiger partial charge on any atom is 0.229 e. The summed E-state index contributed by atoms with van der Waals surface area (Å²) < 4.78 is 11.1. The third kappa shape index (κ3) is 6.17. The van der Waals surface area contributed by atoms with Crippen LogP contribution in [0.5, 0.6) is 5.88 Å². The largest absolute Gasteiger partial charge is 0.474 e. The number of nitrogens with zero attached hydrogens (tertiary/aromatic N) is 4. The number of rotatable bonds is 7. The smallest absolute Gasteiger partial charge is 0.229 e. The van der Waals surface area contributed by atoms with E-state index in [1.165, 1.54) is 0 Å².